The van der Waals surface area contributed by atoms with E-state index in [0.717, 1.165) is 35.2 Å². The van der Waals surface area contributed by atoms with Crippen molar-refractivity contribution in [3.63, 3.8) is 0 Å². The molecule has 2 aromatic carbocycles. The van der Waals surface area contributed by atoms with E-state index in [2.05, 4.69) is 19.2 Å². The molecule has 1 saturated heterocycles. The number of benzene rings is 2. The second-order valence-corrected chi connectivity index (χ2v) is 7.10. The zero-order valence-corrected chi connectivity index (χ0v) is 13.3. The molecule has 3 unspecified atom stereocenters. The van der Waals surface area contributed by atoms with Crippen molar-refractivity contribution >= 4 is 11.6 Å². The Bertz CT molecular complexity index is 733. The lowest BCUT2D eigenvalue weighted by atomic mass is 9.84. The first-order valence-corrected chi connectivity index (χ1v) is 7.98. The highest BCUT2D eigenvalue weighted by Crippen LogP contribution is 2.51. The van der Waals surface area contributed by atoms with E-state index in [9.17, 15) is 5.11 Å². The number of likely N-dealkylation sites (N-methyl/N-ethyl adjacent to an activating group) is 1. The van der Waals surface area contributed by atoms with Crippen molar-refractivity contribution in [1.29, 1.82) is 0 Å². The second kappa shape index (κ2) is 4.98. The van der Waals surface area contributed by atoms with Gasteiger partial charge in [-0.05, 0) is 24.3 Å². The van der Waals surface area contributed by atoms with Crippen LogP contribution in [0.15, 0.2) is 42.5 Å². The molecule has 2 aliphatic rings. The second-order valence-electron chi connectivity index (χ2n) is 6.66. The predicted molar refractivity (Wildman–Crippen MR) is 86.5 cm³/mol. The van der Waals surface area contributed by atoms with Crippen LogP contribution in [0.1, 0.15) is 23.0 Å². The van der Waals surface area contributed by atoms with Crippen LogP contribution in [0.4, 0.5) is 0 Å². The average molecular weight is 317 g/mol. The Labute approximate surface area is 135 Å². The maximum absolute atomic E-state index is 9.81. The van der Waals surface area contributed by atoms with E-state index in [1.54, 1.807) is 0 Å². The summed E-state index contributed by atoms with van der Waals surface area (Å²) in [5, 5.41) is 10.5. The Kier molecular flexibility index (Phi) is 3.19. The zero-order chi connectivity index (χ0) is 15.3. The van der Waals surface area contributed by atoms with Crippen LogP contribution in [-0.2, 0) is 0 Å². The van der Waals surface area contributed by atoms with Crippen LogP contribution in [-0.4, -0.2) is 36.5 Å². The Morgan fingerprint density at radius 2 is 1.77 bits per heavy atom. The third-order valence-electron chi connectivity index (χ3n) is 5.01. The molecule has 22 heavy (non-hydrogen) atoms. The molecule has 0 radical (unpaired) electrons. The molecule has 0 bridgehead atoms. The van der Waals surface area contributed by atoms with Crippen LogP contribution in [0.3, 0.4) is 0 Å². The van der Waals surface area contributed by atoms with Crippen LogP contribution in [0.25, 0.3) is 0 Å². The molecule has 114 valence electrons. The minimum absolute atomic E-state index is 0.159. The fraction of sp³-hybridized carbons (Fsp3) is 0.333. The van der Waals surface area contributed by atoms with Crippen molar-refractivity contribution in [2.75, 3.05) is 26.9 Å². The standard InChI is InChI=1S/C18H19ClNO2/c1-20(11-21)9-15-13-4-2-3-5-17(13)22-18-7-6-12(19)8-14(18)16(15)10-20/h2-8,15-16,21H,9-11H2,1H3/q+1. The first kappa shape index (κ1) is 14.1. The van der Waals surface area contributed by atoms with E-state index >= 15 is 0 Å². The number of fused-ring (bicyclic) bond motifs is 5. The Hall–Kier alpha value is -1.55. The fourth-order valence-corrected chi connectivity index (χ4v) is 4.11. The van der Waals surface area contributed by atoms with Gasteiger partial charge in [-0.25, -0.2) is 0 Å². The lowest BCUT2D eigenvalue weighted by Crippen LogP contribution is -2.42. The van der Waals surface area contributed by atoms with E-state index in [0.29, 0.717) is 16.3 Å². The van der Waals surface area contributed by atoms with Crippen molar-refractivity contribution in [2.24, 2.45) is 0 Å². The number of aliphatic hydroxyl groups is 1. The number of likely N-dealkylation sites (tertiary alicyclic amines) is 1. The maximum atomic E-state index is 9.81. The average Bonchev–Trinajstić information content (AvgIpc) is 2.82. The van der Waals surface area contributed by atoms with Crippen LogP contribution < -0.4 is 4.74 Å². The van der Waals surface area contributed by atoms with E-state index in [4.69, 9.17) is 16.3 Å². The fourth-order valence-electron chi connectivity index (χ4n) is 3.92. The summed E-state index contributed by atoms with van der Waals surface area (Å²) in [6.07, 6.45) is 0. The third kappa shape index (κ3) is 2.12. The molecule has 3 nitrogen and oxygen atoms in total. The molecule has 2 heterocycles. The monoisotopic (exact) mass is 316 g/mol. The summed E-state index contributed by atoms with van der Waals surface area (Å²) >= 11 is 6.23. The zero-order valence-electron chi connectivity index (χ0n) is 12.5. The molecular formula is C18H19ClNO2+. The molecule has 0 aromatic heterocycles. The quantitative estimate of drug-likeness (QED) is 0.812. The SMILES string of the molecule is C[N+]1(CO)CC2c3ccccc3Oc3ccc(Cl)cc3C2C1. The highest BCUT2D eigenvalue weighted by molar-refractivity contribution is 6.30. The minimum Gasteiger partial charge on any atom is -0.457 e. The van der Waals surface area contributed by atoms with Crippen molar-refractivity contribution in [3.05, 3.63) is 58.6 Å². The van der Waals surface area contributed by atoms with Gasteiger partial charge in [-0.1, -0.05) is 29.8 Å². The Morgan fingerprint density at radius 3 is 2.55 bits per heavy atom. The van der Waals surface area contributed by atoms with Gasteiger partial charge >= 0.3 is 0 Å². The number of ether oxygens (including phenoxy) is 1. The smallest absolute Gasteiger partial charge is 0.180 e. The van der Waals surface area contributed by atoms with Crippen LogP contribution in [0, 0.1) is 0 Å². The molecule has 2 aromatic rings. The van der Waals surface area contributed by atoms with Gasteiger partial charge in [-0.2, -0.15) is 0 Å². The first-order valence-electron chi connectivity index (χ1n) is 7.60. The molecule has 4 heteroatoms. The molecule has 0 spiro atoms. The summed E-state index contributed by atoms with van der Waals surface area (Å²) in [4.78, 5) is 0. The summed E-state index contributed by atoms with van der Waals surface area (Å²) in [6.45, 7) is 1.96. The lowest BCUT2D eigenvalue weighted by Gasteiger charge is -2.27. The summed E-state index contributed by atoms with van der Waals surface area (Å²) < 4.78 is 6.83. The normalized spacial score (nSPS) is 29.0. The van der Waals surface area contributed by atoms with Crippen molar-refractivity contribution in [1.82, 2.24) is 0 Å². The van der Waals surface area contributed by atoms with Crippen LogP contribution in [0.2, 0.25) is 5.02 Å². The molecule has 2 aliphatic heterocycles. The summed E-state index contributed by atoms with van der Waals surface area (Å²) in [7, 11) is 2.11. The van der Waals surface area contributed by atoms with Gasteiger partial charge < -0.3 is 14.3 Å². The van der Waals surface area contributed by atoms with Gasteiger partial charge in [0.15, 0.2) is 6.73 Å². The predicted octanol–water partition coefficient (Wildman–Crippen LogP) is 3.72. The third-order valence-corrected chi connectivity index (χ3v) is 5.25. The van der Waals surface area contributed by atoms with Gasteiger partial charge in [0.2, 0.25) is 0 Å². The highest BCUT2D eigenvalue weighted by atomic mass is 35.5. The van der Waals surface area contributed by atoms with E-state index in [1.165, 1.54) is 5.56 Å². The number of hydrogen-bond acceptors (Lipinski definition) is 2. The van der Waals surface area contributed by atoms with Gasteiger partial charge in [-0.15, -0.1) is 0 Å². The topological polar surface area (TPSA) is 29.5 Å². The van der Waals surface area contributed by atoms with Gasteiger partial charge in [0.1, 0.15) is 11.5 Å². The lowest BCUT2D eigenvalue weighted by molar-refractivity contribution is -0.916. The van der Waals surface area contributed by atoms with Gasteiger partial charge in [0, 0.05) is 28.0 Å². The summed E-state index contributed by atoms with van der Waals surface area (Å²) in [5.41, 5.74) is 2.39. The van der Waals surface area contributed by atoms with E-state index in [-0.39, 0.29) is 6.73 Å². The van der Waals surface area contributed by atoms with Crippen molar-refractivity contribution in [2.45, 2.75) is 11.8 Å². The molecule has 0 aliphatic carbocycles. The molecule has 0 amide bonds. The highest BCUT2D eigenvalue weighted by Gasteiger charge is 2.47. The van der Waals surface area contributed by atoms with Crippen molar-refractivity contribution in [3.8, 4) is 11.5 Å². The molecule has 3 atom stereocenters. The number of quaternary nitrogens is 1. The van der Waals surface area contributed by atoms with Gasteiger partial charge in [-0.3, -0.25) is 0 Å². The number of nitrogens with zero attached hydrogens (tertiary/aromatic N) is 1. The molecule has 1 fully saturated rings. The summed E-state index contributed by atoms with van der Waals surface area (Å²) in [5.74, 6) is 2.46. The van der Waals surface area contributed by atoms with Gasteiger partial charge in [0.25, 0.3) is 0 Å². The Morgan fingerprint density at radius 1 is 1.09 bits per heavy atom. The van der Waals surface area contributed by atoms with Crippen molar-refractivity contribution < 1.29 is 14.3 Å². The van der Waals surface area contributed by atoms with E-state index < -0.39 is 0 Å². The molecule has 4 rings (SSSR count). The summed E-state index contributed by atoms with van der Waals surface area (Å²) in [6, 6.07) is 14.1. The number of aliphatic hydroxyl groups excluding tert-OH is 1. The number of halogens is 1. The number of rotatable bonds is 1. The largest absolute Gasteiger partial charge is 0.457 e. The molecular weight excluding hydrogens is 298 g/mol. The molecule has 1 N–H and O–H groups in total. The molecule has 0 saturated carbocycles. The Balaban J connectivity index is 1.91. The van der Waals surface area contributed by atoms with Gasteiger partial charge in [0.05, 0.1) is 20.1 Å². The number of hydrogen-bond donors (Lipinski definition) is 1. The first-order chi connectivity index (χ1) is 10.6. The van der Waals surface area contributed by atoms with Crippen LogP contribution >= 0.6 is 11.6 Å². The van der Waals surface area contributed by atoms with E-state index in [1.807, 2.05) is 30.3 Å². The minimum atomic E-state index is 0.159. The maximum Gasteiger partial charge on any atom is 0.180 e. The number of para-hydroxylation sites is 1. The van der Waals surface area contributed by atoms with Crippen LogP contribution in [0.5, 0.6) is 11.5 Å².